The van der Waals surface area contributed by atoms with Crippen molar-refractivity contribution in [2.75, 3.05) is 36.4 Å². The highest BCUT2D eigenvalue weighted by molar-refractivity contribution is 6.33. The van der Waals surface area contributed by atoms with Crippen LogP contribution in [-0.2, 0) is 15.0 Å². The summed E-state index contributed by atoms with van der Waals surface area (Å²) in [7, 11) is 0. The van der Waals surface area contributed by atoms with E-state index in [4.69, 9.17) is 11.6 Å². The lowest BCUT2D eigenvalue weighted by atomic mass is 9.78. The standard InChI is InChI=1S/C31H32ClN3O2/c32-27-23-26(33-30(37)31(17-7-8-18-31)25-11-5-2-6-12-25)14-15-28(27)34-19-21-35(22-20-34)29(36)16-13-24-9-3-1-4-10-24/h1-6,9-16,23H,7-8,17-22H2,(H,33,37)/b16-13+. The SMILES string of the molecule is O=C(/C=C/c1ccccc1)N1CCN(c2ccc(NC(=O)C3(c4ccccc4)CCCC3)cc2Cl)CC1. The van der Waals surface area contributed by atoms with Gasteiger partial charge in [-0.3, -0.25) is 9.59 Å². The third-order valence-corrected chi connectivity index (χ3v) is 7.88. The second-order valence-electron chi connectivity index (χ2n) is 9.83. The number of benzene rings is 3. The van der Waals surface area contributed by atoms with Gasteiger partial charge in [0.2, 0.25) is 11.8 Å². The third kappa shape index (κ3) is 5.57. The number of carbonyl (C=O) groups excluding carboxylic acids is 2. The lowest BCUT2D eigenvalue weighted by Gasteiger charge is -2.36. The van der Waals surface area contributed by atoms with Crippen molar-refractivity contribution in [3.8, 4) is 0 Å². The zero-order chi connectivity index (χ0) is 25.7. The minimum absolute atomic E-state index is 0.0203. The maximum atomic E-state index is 13.5. The zero-order valence-corrected chi connectivity index (χ0v) is 21.7. The summed E-state index contributed by atoms with van der Waals surface area (Å²) in [5.41, 5.74) is 3.24. The molecule has 2 aliphatic rings. The summed E-state index contributed by atoms with van der Waals surface area (Å²) in [6.45, 7) is 2.67. The average Bonchev–Trinajstić information content (AvgIpc) is 3.45. The quantitative estimate of drug-likeness (QED) is 0.402. The van der Waals surface area contributed by atoms with E-state index in [0.29, 0.717) is 36.9 Å². The van der Waals surface area contributed by atoms with Crippen LogP contribution < -0.4 is 10.2 Å². The number of hydrogen-bond donors (Lipinski definition) is 1. The van der Waals surface area contributed by atoms with Gasteiger partial charge in [0.05, 0.1) is 16.1 Å². The molecule has 1 aliphatic heterocycles. The summed E-state index contributed by atoms with van der Waals surface area (Å²) in [5, 5.41) is 3.74. The smallest absolute Gasteiger partial charge is 0.246 e. The molecular formula is C31H32ClN3O2. The first-order valence-electron chi connectivity index (χ1n) is 13.0. The van der Waals surface area contributed by atoms with Crippen LogP contribution in [0, 0.1) is 0 Å². The van der Waals surface area contributed by atoms with E-state index in [1.165, 1.54) is 0 Å². The number of anilines is 2. The molecule has 0 radical (unpaired) electrons. The fourth-order valence-electron chi connectivity index (χ4n) is 5.48. The molecule has 0 aromatic heterocycles. The highest BCUT2D eigenvalue weighted by atomic mass is 35.5. The van der Waals surface area contributed by atoms with E-state index < -0.39 is 5.41 Å². The summed E-state index contributed by atoms with van der Waals surface area (Å²) < 4.78 is 0. The van der Waals surface area contributed by atoms with E-state index in [1.54, 1.807) is 6.08 Å². The predicted octanol–water partition coefficient (Wildman–Crippen LogP) is 6.15. The second kappa shape index (κ2) is 11.2. The van der Waals surface area contributed by atoms with E-state index in [0.717, 1.165) is 42.5 Å². The van der Waals surface area contributed by atoms with E-state index in [2.05, 4.69) is 22.3 Å². The molecule has 37 heavy (non-hydrogen) atoms. The molecule has 3 aromatic rings. The molecular weight excluding hydrogens is 482 g/mol. The lowest BCUT2D eigenvalue weighted by Crippen LogP contribution is -2.48. The van der Waals surface area contributed by atoms with Gasteiger partial charge in [-0.05, 0) is 48.2 Å². The Morgan fingerprint density at radius 3 is 2.14 bits per heavy atom. The van der Waals surface area contributed by atoms with E-state index in [1.807, 2.05) is 77.7 Å². The summed E-state index contributed by atoms with van der Waals surface area (Å²) >= 11 is 6.69. The van der Waals surface area contributed by atoms with Gasteiger partial charge in [0.1, 0.15) is 0 Å². The topological polar surface area (TPSA) is 52.7 Å². The Bertz CT molecular complexity index is 1260. The molecule has 0 atom stereocenters. The van der Waals surface area contributed by atoms with Crippen molar-refractivity contribution in [3.63, 3.8) is 0 Å². The van der Waals surface area contributed by atoms with Gasteiger partial charge < -0.3 is 15.1 Å². The lowest BCUT2D eigenvalue weighted by molar-refractivity contribution is -0.126. The molecule has 0 unspecified atom stereocenters. The van der Waals surface area contributed by atoms with Gasteiger partial charge in [-0.1, -0.05) is 85.1 Å². The van der Waals surface area contributed by atoms with Crippen LogP contribution in [0.4, 0.5) is 11.4 Å². The van der Waals surface area contributed by atoms with Gasteiger partial charge in [0, 0.05) is 37.9 Å². The van der Waals surface area contributed by atoms with Gasteiger partial charge in [-0.25, -0.2) is 0 Å². The van der Waals surface area contributed by atoms with Gasteiger partial charge in [-0.15, -0.1) is 0 Å². The fourth-order valence-corrected chi connectivity index (χ4v) is 5.78. The first kappa shape index (κ1) is 25.1. The number of rotatable bonds is 6. The number of piperazine rings is 1. The summed E-state index contributed by atoms with van der Waals surface area (Å²) in [6.07, 6.45) is 7.32. The van der Waals surface area contributed by atoms with Crippen molar-refractivity contribution in [3.05, 3.63) is 101 Å². The molecule has 5 nitrogen and oxygen atoms in total. The number of amides is 2. The van der Waals surface area contributed by atoms with Crippen LogP contribution >= 0.6 is 11.6 Å². The molecule has 1 aliphatic carbocycles. The molecule has 190 valence electrons. The Kier molecular flexibility index (Phi) is 7.61. The summed E-state index contributed by atoms with van der Waals surface area (Å²) in [5.74, 6) is 0.0580. The Morgan fingerprint density at radius 2 is 1.49 bits per heavy atom. The third-order valence-electron chi connectivity index (χ3n) is 7.57. The molecule has 2 fully saturated rings. The molecule has 0 spiro atoms. The molecule has 1 saturated carbocycles. The largest absolute Gasteiger partial charge is 0.367 e. The normalized spacial score (nSPS) is 17.2. The molecule has 0 bridgehead atoms. The first-order valence-corrected chi connectivity index (χ1v) is 13.4. The Hall–Kier alpha value is -3.57. The van der Waals surface area contributed by atoms with E-state index in [9.17, 15) is 9.59 Å². The zero-order valence-electron chi connectivity index (χ0n) is 20.9. The summed E-state index contributed by atoms with van der Waals surface area (Å²) in [4.78, 5) is 30.2. The average molecular weight is 514 g/mol. The molecule has 1 heterocycles. The van der Waals surface area contributed by atoms with E-state index >= 15 is 0 Å². The minimum Gasteiger partial charge on any atom is -0.367 e. The number of nitrogens with one attached hydrogen (secondary N) is 1. The fraction of sp³-hybridized carbons (Fsp3) is 0.290. The molecule has 5 rings (SSSR count). The Morgan fingerprint density at radius 1 is 0.838 bits per heavy atom. The molecule has 3 aromatic carbocycles. The number of carbonyl (C=O) groups is 2. The molecule has 1 N–H and O–H groups in total. The van der Waals surface area contributed by atoms with Crippen molar-refractivity contribution in [2.45, 2.75) is 31.1 Å². The monoisotopic (exact) mass is 513 g/mol. The van der Waals surface area contributed by atoms with Crippen LogP contribution in [0.1, 0.15) is 36.8 Å². The molecule has 6 heteroatoms. The Labute approximate surface area is 223 Å². The van der Waals surface area contributed by atoms with Gasteiger partial charge >= 0.3 is 0 Å². The maximum absolute atomic E-state index is 13.5. The van der Waals surface area contributed by atoms with E-state index in [-0.39, 0.29) is 11.8 Å². The highest BCUT2D eigenvalue weighted by Crippen LogP contribution is 2.42. The van der Waals surface area contributed by atoms with Crippen LogP contribution in [0.25, 0.3) is 6.08 Å². The van der Waals surface area contributed by atoms with Crippen LogP contribution in [0.15, 0.2) is 84.9 Å². The van der Waals surface area contributed by atoms with Crippen molar-refractivity contribution < 1.29 is 9.59 Å². The number of halogens is 1. The van der Waals surface area contributed by atoms with Crippen LogP contribution in [0.2, 0.25) is 5.02 Å². The van der Waals surface area contributed by atoms with Crippen LogP contribution in [0.3, 0.4) is 0 Å². The minimum atomic E-state index is -0.482. The van der Waals surface area contributed by atoms with Gasteiger partial charge in [0.25, 0.3) is 0 Å². The molecule has 1 saturated heterocycles. The van der Waals surface area contributed by atoms with Gasteiger partial charge in [-0.2, -0.15) is 0 Å². The second-order valence-corrected chi connectivity index (χ2v) is 10.2. The highest BCUT2D eigenvalue weighted by Gasteiger charge is 2.42. The first-order chi connectivity index (χ1) is 18.0. The predicted molar refractivity (Wildman–Crippen MR) is 151 cm³/mol. The van der Waals surface area contributed by atoms with Crippen LogP contribution in [0.5, 0.6) is 0 Å². The van der Waals surface area contributed by atoms with Crippen molar-refractivity contribution in [2.24, 2.45) is 0 Å². The Balaban J connectivity index is 1.21. The van der Waals surface area contributed by atoms with Crippen molar-refractivity contribution in [1.82, 2.24) is 4.90 Å². The number of nitrogens with zero attached hydrogens (tertiary/aromatic N) is 2. The molecule has 2 amide bonds. The number of hydrogen-bond acceptors (Lipinski definition) is 3. The van der Waals surface area contributed by atoms with Crippen molar-refractivity contribution >= 4 is 40.9 Å². The van der Waals surface area contributed by atoms with Crippen molar-refractivity contribution in [1.29, 1.82) is 0 Å². The van der Waals surface area contributed by atoms with Gasteiger partial charge in [0.15, 0.2) is 0 Å². The summed E-state index contributed by atoms with van der Waals surface area (Å²) in [6, 6.07) is 25.7. The maximum Gasteiger partial charge on any atom is 0.246 e. The van der Waals surface area contributed by atoms with Crippen LogP contribution in [-0.4, -0.2) is 42.9 Å².